The minimum atomic E-state index is 0.785. The summed E-state index contributed by atoms with van der Waals surface area (Å²) in [6.07, 6.45) is 3.89. The van der Waals surface area contributed by atoms with Crippen LogP contribution in [0.2, 0.25) is 0 Å². The van der Waals surface area contributed by atoms with Crippen molar-refractivity contribution in [3.05, 3.63) is 29.8 Å². The molecular formula is C16H25NS. The zero-order valence-electron chi connectivity index (χ0n) is 11.6. The maximum Gasteiger partial charge on any atom is 0.0107 e. The van der Waals surface area contributed by atoms with Gasteiger partial charge in [0.1, 0.15) is 0 Å². The number of benzene rings is 1. The van der Waals surface area contributed by atoms with Gasteiger partial charge in [-0.1, -0.05) is 32.0 Å². The van der Waals surface area contributed by atoms with Crippen LogP contribution in [0.1, 0.15) is 44.6 Å². The fourth-order valence-electron chi connectivity index (χ4n) is 2.68. The van der Waals surface area contributed by atoms with Crippen molar-refractivity contribution in [3.8, 4) is 0 Å². The Hall–Kier alpha value is -0.470. The van der Waals surface area contributed by atoms with E-state index in [1.165, 1.54) is 36.5 Å². The number of hydrogen-bond acceptors (Lipinski definition) is 2. The summed E-state index contributed by atoms with van der Waals surface area (Å²) in [5.74, 6) is 2.89. The Morgan fingerprint density at radius 3 is 3.00 bits per heavy atom. The molecule has 2 heteroatoms. The summed E-state index contributed by atoms with van der Waals surface area (Å²) in [6.45, 7) is 6.97. The normalized spacial score (nSPS) is 19.8. The second kappa shape index (κ2) is 7.20. The highest BCUT2D eigenvalue weighted by molar-refractivity contribution is 7.99. The molecule has 1 nitrogen and oxygen atoms in total. The molecule has 0 saturated heterocycles. The first-order valence-electron chi connectivity index (χ1n) is 7.23. The third-order valence-electron chi connectivity index (χ3n) is 3.73. The van der Waals surface area contributed by atoms with Crippen molar-refractivity contribution in [2.45, 2.75) is 43.9 Å². The fraction of sp³-hybridized carbons (Fsp3) is 0.625. The van der Waals surface area contributed by atoms with Crippen LogP contribution in [-0.4, -0.2) is 18.8 Å². The van der Waals surface area contributed by atoms with Crippen LogP contribution in [0, 0.1) is 5.92 Å². The monoisotopic (exact) mass is 263 g/mol. The zero-order valence-corrected chi connectivity index (χ0v) is 12.4. The lowest BCUT2D eigenvalue weighted by Gasteiger charge is -2.17. The topological polar surface area (TPSA) is 12.0 Å². The SMILES string of the molecule is CCCNCCC(C)CC1CSc2ccccc21. The van der Waals surface area contributed by atoms with Crippen LogP contribution in [0.25, 0.3) is 0 Å². The van der Waals surface area contributed by atoms with Crippen molar-refractivity contribution >= 4 is 11.8 Å². The van der Waals surface area contributed by atoms with Gasteiger partial charge in [-0.3, -0.25) is 0 Å². The molecular weight excluding hydrogens is 238 g/mol. The van der Waals surface area contributed by atoms with Crippen LogP contribution in [-0.2, 0) is 0 Å². The summed E-state index contributed by atoms with van der Waals surface area (Å²) >= 11 is 2.03. The first-order valence-corrected chi connectivity index (χ1v) is 8.22. The molecule has 2 atom stereocenters. The van der Waals surface area contributed by atoms with E-state index in [1.807, 2.05) is 11.8 Å². The Balaban J connectivity index is 1.77. The molecule has 100 valence electrons. The van der Waals surface area contributed by atoms with Gasteiger partial charge in [-0.2, -0.15) is 0 Å². The molecule has 18 heavy (non-hydrogen) atoms. The van der Waals surface area contributed by atoms with E-state index in [0.717, 1.165) is 18.4 Å². The van der Waals surface area contributed by atoms with E-state index >= 15 is 0 Å². The van der Waals surface area contributed by atoms with Gasteiger partial charge in [-0.15, -0.1) is 11.8 Å². The molecule has 0 fully saturated rings. The number of hydrogen-bond donors (Lipinski definition) is 1. The van der Waals surface area contributed by atoms with Crippen LogP contribution < -0.4 is 5.32 Å². The molecule has 0 aliphatic carbocycles. The van der Waals surface area contributed by atoms with E-state index in [4.69, 9.17) is 0 Å². The van der Waals surface area contributed by atoms with E-state index in [0.29, 0.717) is 0 Å². The Labute approximate surface area is 116 Å². The summed E-state index contributed by atoms with van der Waals surface area (Å²) in [4.78, 5) is 1.51. The van der Waals surface area contributed by atoms with Crippen LogP contribution in [0.15, 0.2) is 29.2 Å². The summed E-state index contributed by atoms with van der Waals surface area (Å²) in [6, 6.07) is 8.94. The van der Waals surface area contributed by atoms with Gasteiger partial charge < -0.3 is 5.32 Å². The molecule has 0 spiro atoms. The Kier molecular flexibility index (Phi) is 5.58. The van der Waals surface area contributed by atoms with Gasteiger partial charge in [0.15, 0.2) is 0 Å². The minimum absolute atomic E-state index is 0.785. The molecule has 0 saturated carbocycles. The lowest BCUT2D eigenvalue weighted by Crippen LogP contribution is -2.18. The highest BCUT2D eigenvalue weighted by Crippen LogP contribution is 2.42. The van der Waals surface area contributed by atoms with Crippen molar-refractivity contribution in [2.24, 2.45) is 5.92 Å². The average Bonchev–Trinajstić information content (AvgIpc) is 2.78. The Morgan fingerprint density at radius 2 is 2.17 bits per heavy atom. The smallest absolute Gasteiger partial charge is 0.0107 e. The molecule has 0 radical (unpaired) electrons. The molecule has 2 rings (SSSR count). The number of nitrogens with one attached hydrogen (secondary N) is 1. The van der Waals surface area contributed by atoms with Crippen LogP contribution >= 0.6 is 11.8 Å². The summed E-state index contributed by atoms with van der Waals surface area (Å²) in [5.41, 5.74) is 1.59. The summed E-state index contributed by atoms with van der Waals surface area (Å²) in [7, 11) is 0. The third kappa shape index (κ3) is 3.76. The highest BCUT2D eigenvalue weighted by Gasteiger charge is 2.23. The van der Waals surface area contributed by atoms with Gasteiger partial charge in [-0.05, 0) is 55.8 Å². The standard InChI is InChI=1S/C16H25NS/c1-3-9-17-10-8-13(2)11-14-12-18-16-7-5-4-6-15(14)16/h4-7,13-14,17H,3,8-12H2,1-2H3. The van der Waals surface area contributed by atoms with E-state index in [1.54, 1.807) is 5.56 Å². The minimum Gasteiger partial charge on any atom is -0.317 e. The van der Waals surface area contributed by atoms with Crippen molar-refractivity contribution in [1.82, 2.24) is 5.32 Å². The molecule has 1 aliphatic heterocycles. The van der Waals surface area contributed by atoms with Gasteiger partial charge in [0, 0.05) is 10.6 Å². The zero-order chi connectivity index (χ0) is 12.8. The molecule has 1 heterocycles. The van der Waals surface area contributed by atoms with Crippen molar-refractivity contribution in [1.29, 1.82) is 0 Å². The van der Waals surface area contributed by atoms with Gasteiger partial charge in [0.25, 0.3) is 0 Å². The second-order valence-corrected chi connectivity index (χ2v) is 6.49. The van der Waals surface area contributed by atoms with E-state index < -0.39 is 0 Å². The van der Waals surface area contributed by atoms with Crippen LogP contribution in [0.3, 0.4) is 0 Å². The number of fused-ring (bicyclic) bond motifs is 1. The third-order valence-corrected chi connectivity index (χ3v) is 4.98. The van der Waals surface area contributed by atoms with Gasteiger partial charge in [-0.25, -0.2) is 0 Å². The summed E-state index contributed by atoms with van der Waals surface area (Å²) < 4.78 is 0. The highest BCUT2D eigenvalue weighted by atomic mass is 32.2. The molecule has 1 aromatic rings. The first kappa shape index (κ1) is 14.0. The molecule has 1 aromatic carbocycles. The average molecular weight is 263 g/mol. The molecule has 1 N–H and O–H groups in total. The lowest BCUT2D eigenvalue weighted by atomic mass is 9.89. The Bertz CT molecular complexity index is 364. The first-order chi connectivity index (χ1) is 8.81. The summed E-state index contributed by atoms with van der Waals surface area (Å²) in [5, 5.41) is 3.50. The van der Waals surface area contributed by atoms with E-state index in [2.05, 4.69) is 43.4 Å². The van der Waals surface area contributed by atoms with E-state index in [9.17, 15) is 0 Å². The molecule has 2 unspecified atom stereocenters. The number of thioether (sulfide) groups is 1. The number of rotatable bonds is 7. The second-order valence-electron chi connectivity index (χ2n) is 5.43. The largest absolute Gasteiger partial charge is 0.317 e. The Morgan fingerprint density at radius 1 is 1.33 bits per heavy atom. The molecule has 0 amide bonds. The predicted molar refractivity (Wildman–Crippen MR) is 81.5 cm³/mol. The van der Waals surface area contributed by atoms with Crippen molar-refractivity contribution in [2.75, 3.05) is 18.8 Å². The maximum absolute atomic E-state index is 3.50. The van der Waals surface area contributed by atoms with Crippen molar-refractivity contribution < 1.29 is 0 Å². The fourth-order valence-corrected chi connectivity index (χ4v) is 3.95. The predicted octanol–water partition coefficient (Wildman–Crippen LogP) is 4.29. The van der Waals surface area contributed by atoms with Gasteiger partial charge in [0.05, 0.1) is 0 Å². The van der Waals surface area contributed by atoms with Gasteiger partial charge >= 0.3 is 0 Å². The lowest BCUT2D eigenvalue weighted by molar-refractivity contribution is 0.441. The molecule has 0 aromatic heterocycles. The quantitative estimate of drug-likeness (QED) is 0.736. The maximum atomic E-state index is 3.50. The van der Waals surface area contributed by atoms with Crippen LogP contribution in [0.5, 0.6) is 0 Å². The molecule has 0 bridgehead atoms. The van der Waals surface area contributed by atoms with Gasteiger partial charge in [0.2, 0.25) is 0 Å². The van der Waals surface area contributed by atoms with Crippen LogP contribution in [0.4, 0.5) is 0 Å². The van der Waals surface area contributed by atoms with Crippen molar-refractivity contribution in [3.63, 3.8) is 0 Å². The van der Waals surface area contributed by atoms with E-state index in [-0.39, 0.29) is 0 Å². The molecule has 1 aliphatic rings.